The van der Waals surface area contributed by atoms with Crippen LogP contribution < -0.4 is 0 Å². The van der Waals surface area contributed by atoms with E-state index in [0.717, 1.165) is 6.42 Å². The van der Waals surface area contributed by atoms with Crippen LogP contribution in [0.2, 0.25) is 0 Å². The summed E-state index contributed by atoms with van der Waals surface area (Å²) >= 11 is 0. The maximum atomic E-state index is 9.16. The third kappa shape index (κ3) is 1.36. The average molecular weight is 190 g/mol. The van der Waals surface area contributed by atoms with E-state index < -0.39 is 0 Å². The Balaban J connectivity index is 2.38. The van der Waals surface area contributed by atoms with Gasteiger partial charge >= 0.3 is 0 Å². The van der Waals surface area contributed by atoms with Crippen LogP contribution in [-0.2, 0) is 5.41 Å². The van der Waals surface area contributed by atoms with Gasteiger partial charge in [0.1, 0.15) is 0 Å². The van der Waals surface area contributed by atoms with Gasteiger partial charge in [-0.25, -0.2) is 0 Å². The van der Waals surface area contributed by atoms with Crippen molar-refractivity contribution in [1.29, 1.82) is 0 Å². The Morgan fingerprint density at radius 1 is 1.43 bits per heavy atom. The number of aryl methyl sites for hydroxylation is 2. The molecule has 0 bridgehead atoms. The normalized spacial score (nSPS) is 30.4. The molecule has 1 aliphatic rings. The highest BCUT2D eigenvalue weighted by Gasteiger charge is 2.51. The van der Waals surface area contributed by atoms with Gasteiger partial charge < -0.3 is 5.11 Å². The van der Waals surface area contributed by atoms with Crippen molar-refractivity contribution in [3.63, 3.8) is 0 Å². The Hall–Kier alpha value is -0.820. The van der Waals surface area contributed by atoms with E-state index in [0.29, 0.717) is 12.5 Å². The molecule has 1 heteroatoms. The molecule has 1 aliphatic carbocycles. The molecule has 0 heterocycles. The zero-order valence-corrected chi connectivity index (χ0v) is 9.17. The number of hydrogen-bond acceptors (Lipinski definition) is 1. The Kier molecular flexibility index (Phi) is 2.15. The molecular weight excluding hydrogens is 172 g/mol. The smallest absolute Gasteiger partial charge is 0.0468 e. The highest BCUT2D eigenvalue weighted by molar-refractivity contribution is 5.41. The minimum Gasteiger partial charge on any atom is -0.396 e. The van der Waals surface area contributed by atoms with Crippen molar-refractivity contribution < 1.29 is 5.11 Å². The van der Waals surface area contributed by atoms with Crippen LogP contribution in [0.25, 0.3) is 0 Å². The third-order valence-corrected chi connectivity index (χ3v) is 3.64. The van der Waals surface area contributed by atoms with Crippen molar-refractivity contribution in [2.75, 3.05) is 6.61 Å². The lowest BCUT2D eigenvalue weighted by molar-refractivity contribution is 0.265. The molecule has 0 aliphatic heterocycles. The lowest BCUT2D eigenvalue weighted by atomic mass is 9.90. The summed E-state index contributed by atoms with van der Waals surface area (Å²) in [5, 5.41) is 9.16. The first-order chi connectivity index (χ1) is 6.58. The second kappa shape index (κ2) is 3.09. The van der Waals surface area contributed by atoms with Crippen LogP contribution >= 0.6 is 0 Å². The largest absolute Gasteiger partial charge is 0.396 e. The second-order valence-electron chi connectivity index (χ2n) is 4.82. The van der Waals surface area contributed by atoms with Crippen molar-refractivity contribution in [3.8, 4) is 0 Å². The third-order valence-electron chi connectivity index (χ3n) is 3.64. The zero-order chi connectivity index (χ0) is 10.3. The fraction of sp³-hybridized carbons (Fsp3) is 0.538. The van der Waals surface area contributed by atoms with Crippen molar-refractivity contribution >= 4 is 0 Å². The van der Waals surface area contributed by atoms with E-state index in [1.165, 1.54) is 16.7 Å². The highest BCUT2D eigenvalue weighted by Crippen LogP contribution is 2.54. The number of hydrogen-bond donors (Lipinski definition) is 1. The molecular formula is C13H18O. The van der Waals surface area contributed by atoms with Crippen molar-refractivity contribution in [1.82, 2.24) is 0 Å². The van der Waals surface area contributed by atoms with Crippen molar-refractivity contribution in [3.05, 3.63) is 34.9 Å². The fourth-order valence-corrected chi connectivity index (χ4v) is 2.40. The maximum Gasteiger partial charge on any atom is 0.0468 e. The molecule has 1 fully saturated rings. The Morgan fingerprint density at radius 3 is 2.71 bits per heavy atom. The van der Waals surface area contributed by atoms with Crippen molar-refractivity contribution in [2.45, 2.75) is 32.6 Å². The fourth-order valence-electron chi connectivity index (χ4n) is 2.40. The lowest BCUT2D eigenvalue weighted by Crippen LogP contribution is -2.09. The number of benzene rings is 1. The molecule has 1 N–H and O–H groups in total. The van der Waals surface area contributed by atoms with Gasteiger partial charge in [-0.1, -0.05) is 30.7 Å². The summed E-state index contributed by atoms with van der Waals surface area (Å²) in [6, 6.07) is 6.60. The van der Waals surface area contributed by atoms with E-state index in [4.69, 9.17) is 5.11 Å². The van der Waals surface area contributed by atoms with Gasteiger partial charge in [0, 0.05) is 6.61 Å². The lowest BCUT2D eigenvalue weighted by Gasteiger charge is -2.15. The molecule has 2 rings (SSSR count). The van der Waals surface area contributed by atoms with E-state index in [1.807, 2.05) is 0 Å². The Labute approximate surface area is 85.8 Å². The second-order valence-corrected chi connectivity index (χ2v) is 4.82. The van der Waals surface area contributed by atoms with Gasteiger partial charge in [0.15, 0.2) is 0 Å². The van der Waals surface area contributed by atoms with Crippen LogP contribution in [0.5, 0.6) is 0 Å². The van der Waals surface area contributed by atoms with Crippen LogP contribution in [0.3, 0.4) is 0 Å². The monoisotopic (exact) mass is 190 g/mol. The van der Waals surface area contributed by atoms with E-state index in [9.17, 15) is 0 Å². The molecule has 1 aromatic rings. The molecule has 0 radical (unpaired) electrons. The summed E-state index contributed by atoms with van der Waals surface area (Å²) in [4.78, 5) is 0. The first-order valence-corrected chi connectivity index (χ1v) is 5.26. The summed E-state index contributed by atoms with van der Waals surface area (Å²) < 4.78 is 0. The molecule has 2 atom stereocenters. The quantitative estimate of drug-likeness (QED) is 0.760. The predicted molar refractivity (Wildman–Crippen MR) is 58.5 cm³/mol. The van der Waals surface area contributed by atoms with Gasteiger partial charge in [-0.15, -0.1) is 0 Å². The molecule has 14 heavy (non-hydrogen) atoms. The molecule has 1 nitrogen and oxygen atoms in total. The molecule has 1 aromatic carbocycles. The summed E-state index contributed by atoms with van der Waals surface area (Å²) in [6.45, 7) is 6.87. The summed E-state index contributed by atoms with van der Waals surface area (Å²) in [5.41, 5.74) is 4.34. The van der Waals surface area contributed by atoms with Gasteiger partial charge in [0.2, 0.25) is 0 Å². The Bertz CT molecular complexity index is 356. The minimum absolute atomic E-state index is 0.241. The predicted octanol–water partition coefficient (Wildman–Crippen LogP) is 2.57. The highest BCUT2D eigenvalue weighted by atomic mass is 16.3. The molecule has 1 saturated carbocycles. The summed E-state index contributed by atoms with van der Waals surface area (Å²) in [7, 11) is 0. The van der Waals surface area contributed by atoms with E-state index >= 15 is 0 Å². The van der Waals surface area contributed by atoms with E-state index in [1.54, 1.807) is 0 Å². The van der Waals surface area contributed by atoms with Crippen molar-refractivity contribution in [2.24, 2.45) is 5.92 Å². The van der Waals surface area contributed by atoms with Crippen LogP contribution in [0.15, 0.2) is 18.2 Å². The first-order valence-electron chi connectivity index (χ1n) is 5.26. The van der Waals surface area contributed by atoms with Crippen LogP contribution in [0.1, 0.15) is 30.0 Å². The SMILES string of the molecule is Cc1ccc(C)c(C2(C)CC2CO)c1. The molecule has 0 spiro atoms. The van der Waals surface area contributed by atoms with Gasteiger partial charge in [-0.2, -0.15) is 0 Å². The number of aliphatic hydroxyl groups excluding tert-OH is 1. The topological polar surface area (TPSA) is 20.2 Å². The molecule has 76 valence electrons. The van der Waals surface area contributed by atoms with Gasteiger partial charge in [-0.05, 0) is 42.7 Å². The van der Waals surface area contributed by atoms with Gasteiger partial charge in [0.05, 0.1) is 0 Å². The molecule has 0 aromatic heterocycles. The summed E-state index contributed by atoms with van der Waals surface area (Å²) in [5.74, 6) is 0.475. The van der Waals surface area contributed by atoms with Crippen LogP contribution in [0.4, 0.5) is 0 Å². The maximum absolute atomic E-state index is 9.16. The van der Waals surface area contributed by atoms with E-state index in [-0.39, 0.29) is 5.41 Å². The minimum atomic E-state index is 0.241. The molecule has 0 amide bonds. The zero-order valence-electron chi connectivity index (χ0n) is 9.17. The molecule has 0 saturated heterocycles. The average Bonchev–Trinajstić information content (AvgIpc) is 2.83. The van der Waals surface area contributed by atoms with E-state index in [2.05, 4.69) is 39.0 Å². The van der Waals surface area contributed by atoms with Gasteiger partial charge in [-0.3, -0.25) is 0 Å². The number of rotatable bonds is 2. The first kappa shape index (κ1) is 9.72. The molecule has 2 unspecified atom stereocenters. The van der Waals surface area contributed by atoms with Gasteiger partial charge in [0.25, 0.3) is 0 Å². The summed E-state index contributed by atoms with van der Waals surface area (Å²) in [6.07, 6.45) is 1.13. The Morgan fingerprint density at radius 2 is 2.14 bits per heavy atom. The van der Waals surface area contributed by atoms with Crippen LogP contribution in [0, 0.1) is 19.8 Å². The van der Waals surface area contributed by atoms with Crippen LogP contribution in [-0.4, -0.2) is 11.7 Å². The standard InChI is InChI=1S/C13H18O/c1-9-4-5-10(2)12(6-9)13(3)7-11(13)8-14/h4-6,11,14H,7-8H2,1-3H3. The number of aliphatic hydroxyl groups is 1.